The molecule has 1 heterocycles. The van der Waals surface area contributed by atoms with E-state index in [9.17, 15) is 0 Å². The molecule has 3 aromatic carbocycles. The van der Waals surface area contributed by atoms with E-state index in [1.165, 1.54) is 10.9 Å². The molecule has 0 aliphatic carbocycles. The molecular weight excluding hydrogens is 306 g/mol. The predicted octanol–water partition coefficient (Wildman–Crippen LogP) is 7.10. The van der Waals surface area contributed by atoms with Gasteiger partial charge < -0.3 is 4.42 Å². The molecule has 4 rings (SSSR count). The van der Waals surface area contributed by atoms with Gasteiger partial charge in [-0.1, -0.05) is 69.3 Å². The van der Waals surface area contributed by atoms with Crippen LogP contribution in [0.5, 0.6) is 0 Å². The molecule has 0 saturated heterocycles. The van der Waals surface area contributed by atoms with Gasteiger partial charge in [-0.3, -0.25) is 0 Å². The quantitative estimate of drug-likeness (QED) is 0.341. The molecule has 0 radical (unpaired) electrons. The number of benzene rings is 3. The van der Waals surface area contributed by atoms with Crippen molar-refractivity contribution >= 4 is 27.6 Å². The first-order valence-corrected chi connectivity index (χ1v) is 8.41. The summed E-state index contributed by atoms with van der Waals surface area (Å²) in [6.45, 7) is 13.8. The van der Waals surface area contributed by atoms with Gasteiger partial charge in [-0.25, -0.2) is 4.85 Å². The Morgan fingerprint density at radius 3 is 2.08 bits per heavy atom. The monoisotopic (exact) mass is 325 g/mol. The van der Waals surface area contributed by atoms with Crippen LogP contribution in [0.15, 0.2) is 65.1 Å². The minimum Gasteiger partial charge on any atom is -0.456 e. The van der Waals surface area contributed by atoms with Gasteiger partial charge in [0.05, 0.1) is 6.57 Å². The molecule has 0 saturated carbocycles. The molecular formula is C23H19NO. The molecule has 25 heavy (non-hydrogen) atoms. The summed E-state index contributed by atoms with van der Waals surface area (Å²) in [7, 11) is 0. The second-order valence-electron chi connectivity index (χ2n) is 7.37. The number of fused-ring (bicyclic) bond motifs is 3. The normalized spacial score (nSPS) is 11.8. The summed E-state index contributed by atoms with van der Waals surface area (Å²) < 4.78 is 6.15. The van der Waals surface area contributed by atoms with Crippen molar-refractivity contribution in [3.05, 3.63) is 77.6 Å². The lowest BCUT2D eigenvalue weighted by Crippen LogP contribution is -2.11. The molecule has 0 atom stereocenters. The summed E-state index contributed by atoms with van der Waals surface area (Å²) in [6, 6.07) is 20.2. The van der Waals surface area contributed by atoms with E-state index in [1.54, 1.807) is 0 Å². The Balaban J connectivity index is 2.10. The molecule has 0 amide bonds. The van der Waals surface area contributed by atoms with E-state index in [2.05, 4.69) is 43.8 Å². The van der Waals surface area contributed by atoms with Gasteiger partial charge >= 0.3 is 0 Å². The second-order valence-corrected chi connectivity index (χ2v) is 7.37. The Morgan fingerprint density at radius 1 is 0.800 bits per heavy atom. The van der Waals surface area contributed by atoms with E-state index in [-0.39, 0.29) is 5.41 Å². The van der Waals surface area contributed by atoms with Crippen molar-refractivity contribution in [2.75, 3.05) is 0 Å². The fraction of sp³-hybridized carbons (Fsp3) is 0.174. The van der Waals surface area contributed by atoms with E-state index >= 15 is 0 Å². The maximum absolute atomic E-state index is 7.14. The maximum Gasteiger partial charge on any atom is 0.187 e. The Bertz CT molecular complexity index is 1120. The van der Waals surface area contributed by atoms with Gasteiger partial charge in [0, 0.05) is 10.8 Å². The summed E-state index contributed by atoms with van der Waals surface area (Å²) in [6.07, 6.45) is 0. The fourth-order valence-corrected chi connectivity index (χ4v) is 3.45. The number of rotatable bonds is 1. The van der Waals surface area contributed by atoms with Gasteiger partial charge in [0.15, 0.2) is 5.69 Å². The highest BCUT2D eigenvalue weighted by Gasteiger charge is 2.22. The number of hydrogen-bond acceptors (Lipinski definition) is 1. The third-order valence-electron chi connectivity index (χ3n) is 4.64. The first-order valence-electron chi connectivity index (χ1n) is 8.41. The van der Waals surface area contributed by atoms with Crippen molar-refractivity contribution in [1.29, 1.82) is 0 Å². The van der Waals surface area contributed by atoms with Gasteiger partial charge in [-0.15, -0.1) is 0 Å². The molecule has 0 aliphatic rings. The van der Waals surface area contributed by atoms with Gasteiger partial charge in [0.2, 0.25) is 0 Å². The maximum atomic E-state index is 7.14. The van der Waals surface area contributed by atoms with E-state index in [1.807, 2.05) is 42.5 Å². The lowest BCUT2D eigenvalue weighted by Gasteiger charge is -2.20. The van der Waals surface area contributed by atoms with Crippen molar-refractivity contribution in [3.63, 3.8) is 0 Å². The van der Waals surface area contributed by atoms with Crippen LogP contribution in [-0.2, 0) is 5.41 Å². The predicted molar refractivity (Wildman–Crippen MR) is 104 cm³/mol. The second kappa shape index (κ2) is 5.50. The van der Waals surface area contributed by atoms with Crippen LogP contribution in [0, 0.1) is 6.57 Å². The molecule has 1 aromatic heterocycles. The van der Waals surface area contributed by atoms with Gasteiger partial charge in [-0.05, 0) is 34.2 Å². The van der Waals surface area contributed by atoms with Crippen LogP contribution in [0.3, 0.4) is 0 Å². The van der Waals surface area contributed by atoms with Gasteiger partial charge in [0.1, 0.15) is 11.2 Å². The topological polar surface area (TPSA) is 17.5 Å². The van der Waals surface area contributed by atoms with E-state index in [4.69, 9.17) is 11.0 Å². The molecule has 0 bridgehead atoms. The first kappa shape index (κ1) is 15.5. The smallest absolute Gasteiger partial charge is 0.187 e. The number of nitrogens with zero attached hydrogens (tertiary/aromatic N) is 1. The van der Waals surface area contributed by atoms with Crippen LogP contribution in [0.4, 0.5) is 5.69 Å². The molecule has 4 aromatic rings. The summed E-state index contributed by atoms with van der Waals surface area (Å²) in [5.74, 6) is 0. The molecule has 2 heteroatoms. The lowest BCUT2D eigenvalue weighted by atomic mass is 9.83. The highest BCUT2D eigenvalue weighted by molar-refractivity contribution is 6.14. The van der Waals surface area contributed by atoms with Crippen molar-refractivity contribution in [2.45, 2.75) is 26.2 Å². The molecule has 0 spiro atoms. The van der Waals surface area contributed by atoms with Crippen molar-refractivity contribution < 1.29 is 4.42 Å². The van der Waals surface area contributed by atoms with Crippen LogP contribution in [0.2, 0.25) is 0 Å². The van der Waals surface area contributed by atoms with Crippen molar-refractivity contribution in [3.8, 4) is 11.1 Å². The number of hydrogen-bond donors (Lipinski definition) is 0. The zero-order valence-electron chi connectivity index (χ0n) is 14.6. The fourth-order valence-electron chi connectivity index (χ4n) is 3.45. The van der Waals surface area contributed by atoms with Gasteiger partial charge in [0.25, 0.3) is 0 Å². The molecule has 0 N–H and O–H groups in total. The highest BCUT2D eigenvalue weighted by Crippen LogP contribution is 2.41. The minimum absolute atomic E-state index is 0.0252. The lowest BCUT2D eigenvalue weighted by molar-refractivity contribution is 0.594. The highest BCUT2D eigenvalue weighted by atomic mass is 16.3. The Morgan fingerprint density at radius 2 is 1.44 bits per heavy atom. The molecule has 0 aliphatic heterocycles. The van der Waals surface area contributed by atoms with Crippen LogP contribution < -0.4 is 0 Å². The van der Waals surface area contributed by atoms with Crippen LogP contribution in [-0.4, -0.2) is 0 Å². The van der Waals surface area contributed by atoms with E-state index in [0.717, 1.165) is 27.7 Å². The summed E-state index contributed by atoms with van der Waals surface area (Å²) in [5, 5.41) is 2.34. The Labute approximate surface area is 147 Å². The van der Waals surface area contributed by atoms with Crippen molar-refractivity contribution in [2.24, 2.45) is 0 Å². The number of furan rings is 1. The Kier molecular flexibility index (Phi) is 3.40. The molecule has 0 unspecified atom stereocenters. The third-order valence-corrected chi connectivity index (χ3v) is 4.64. The molecule has 0 fully saturated rings. The summed E-state index contributed by atoms with van der Waals surface area (Å²) in [4.78, 5) is 3.49. The van der Waals surface area contributed by atoms with Crippen molar-refractivity contribution in [1.82, 2.24) is 0 Å². The molecule has 122 valence electrons. The van der Waals surface area contributed by atoms with E-state index in [0.29, 0.717) is 5.69 Å². The largest absolute Gasteiger partial charge is 0.456 e. The summed E-state index contributed by atoms with van der Waals surface area (Å²) in [5.41, 5.74) is 6.04. The Hall–Kier alpha value is -3.05. The summed E-state index contributed by atoms with van der Waals surface area (Å²) >= 11 is 0. The minimum atomic E-state index is 0.0252. The SMILES string of the molecule is [C-]#[N+]c1ccc(-c2cccc3oc4cccc(C(C)(C)C)c4c23)cc1. The van der Waals surface area contributed by atoms with Gasteiger partial charge in [-0.2, -0.15) is 0 Å². The van der Waals surface area contributed by atoms with E-state index < -0.39 is 0 Å². The van der Waals surface area contributed by atoms with Crippen LogP contribution >= 0.6 is 0 Å². The average molecular weight is 325 g/mol. The zero-order chi connectivity index (χ0) is 17.6. The van der Waals surface area contributed by atoms with Crippen LogP contribution in [0.25, 0.3) is 37.9 Å². The third kappa shape index (κ3) is 2.49. The average Bonchev–Trinajstić information content (AvgIpc) is 2.99. The first-order chi connectivity index (χ1) is 12.0. The standard InChI is InChI=1S/C23H19NO/c1-23(2,3)18-8-6-10-20-22(18)21-17(7-5-9-19(21)25-20)15-11-13-16(24-4)14-12-15/h5-14H,1-3H3. The molecule has 2 nitrogen and oxygen atoms in total. The zero-order valence-corrected chi connectivity index (χ0v) is 14.6. The van der Waals surface area contributed by atoms with Crippen LogP contribution in [0.1, 0.15) is 26.3 Å².